The smallest absolute Gasteiger partial charge is 0.315 e. The van der Waals surface area contributed by atoms with Crippen molar-refractivity contribution in [2.75, 3.05) is 31.9 Å². The fraction of sp³-hybridized carbons (Fsp3) is 0.737. The Morgan fingerprint density at radius 2 is 1.42 bits per heavy atom. The van der Waals surface area contributed by atoms with Gasteiger partial charge >= 0.3 is 12.0 Å². The first-order valence-electron chi connectivity index (χ1n) is 21.0. The number of rotatable bonds is 31. The molecule has 0 saturated carbocycles. The van der Waals surface area contributed by atoms with Crippen LogP contribution in [0.2, 0.25) is 0 Å². The molecule has 0 radical (unpaired) electrons. The molecule has 15 N–H and O–H groups in total. The number of aliphatic carboxylic acids is 1. The molecule has 23 nitrogen and oxygen atoms in total. The number of nitrogens with two attached hydrogens (primary N) is 2. The highest BCUT2D eigenvalue weighted by atomic mass is 32.2. The minimum absolute atomic E-state index is 0.0344. The van der Waals surface area contributed by atoms with Gasteiger partial charge in [-0.1, -0.05) is 20.3 Å². The Hall–Kier alpha value is -5.23. The van der Waals surface area contributed by atoms with E-state index >= 15 is 0 Å². The Morgan fingerprint density at radius 3 is 2.08 bits per heavy atom. The molecule has 24 heteroatoms. The molecule has 0 aromatic heterocycles. The molecule has 1 unspecified atom stereocenters. The van der Waals surface area contributed by atoms with Crippen molar-refractivity contribution in [3.05, 3.63) is 0 Å². The van der Waals surface area contributed by atoms with E-state index in [4.69, 9.17) is 16.7 Å². The molecule has 350 valence electrons. The van der Waals surface area contributed by atoms with Gasteiger partial charge in [-0.05, 0) is 70.3 Å². The third-order valence-corrected chi connectivity index (χ3v) is 11.7. The zero-order valence-corrected chi connectivity index (χ0v) is 36.2. The average Bonchev–Trinajstić information content (AvgIpc) is 3.77. The number of fused-ring (bicyclic) bond motifs is 1. The summed E-state index contributed by atoms with van der Waals surface area (Å²) in [5.41, 5.74) is 12.5. The van der Waals surface area contributed by atoms with Crippen LogP contribution in [-0.2, 0) is 43.2 Å². The summed E-state index contributed by atoms with van der Waals surface area (Å²) in [5.74, 6) is -7.50. The highest BCUT2D eigenvalue weighted by molar-refractivity contribution is 8.00. The molecule has 0 spiro atoms. The van der Waals surface area contributed by atoms with Crippen LogP contribution in [0, 0.1) is 11.8 Å². The number of hydrogen-bond acceptors (Lipinski definition) is 13. The largest absolute Gasteiger partial charge is 0.481 e. The highest BCUT2D eigenvalue weighted by Gasteiger charge is 2.42. The maximum Gasteiger partial charge on any atom is 0.315 e. The molecule has 2 aliphatic rings. The van der Waals surface area contributed by atoms with Crippen molar-refractivity contribution in [3.8, 4) is 0 Å². The predicted molar refractivity (Wildman–Crippen MR) is 224 cm³/mol. The number of hydrogen-bond donors (Lipinski definition) is 13. The third kappa shape index (κ3) is 20.6. The van der Waals surface area contributed by atoms with E-state index in [2.05, 4.69) is 42.5 Å². The lowest BCUT2D eigenvalue weighted by Crippen LogP contribution is -2.56. The van der Waals surface area contributed by atoms with Crippen LogP contribution in [0.3, 0.4) is 0 Å². The van der Waals surface area contributed by atoms with Crippen molar-refractivity contribution in [2.24, 2.45) is 23.3 Å². The summed E-state index contributed by atoms with van der Waals surface area (Å²) in [6, 6.07) is -3.85. The van der Waals surface area contributed by atoms with Gasteiger partial charge in [-0.25, -0.2) is 10.3 Å². The van der Waals surface area contributed by atoms with E-state index in [0.29, 0.717) is 50.3 Å². The van der Waals surface area contributed by atoms with Crippen molar-refractivity contribution in [3.63, 3.8) is 0 Å². The number of amides is 10. The van der Waals surface area contributed by atoms with Crippen LogP contribution < -0.4 is 59.5 Å². The molecular formula is C38H65N11O12S. The lowest BCUT2D eigenvalue weighted by Gasteiger charge is -2.25. The van der Waals surface area contributed by atoms with E-state index < -0.39 is 90.9 Å². The van der Waals surface area contributed by atoms with Crippen LogP contribution >= 0.6 is 11.8 Å². The van der Waals surface area contributed by atoms with Crippen molar-refractivity contribution >= 4 is 71.0 Å². The Kier molecular flexibility index (Phi) is 24.2. The molecule has 2 heterocycles. The quantitative estimate of drug-likeness (QED) is 0.0146. The Morgan fingerprint density at radius 1 is 0.742 bits per heavy atom. The second-order valence-electron chi connectivity index (χ2n) is 15.8. The Labute approximate surface area is 364 Å². The van der Waals surface area contributed by atoms with Crippen LogP contribution in [0.25, 0.3) is 0 Å². The van der Waals surface area contributed by atoms with Gasteiger partial charge in [-0.3, -0.25) is 48.4 Å². The number of hydroxylamine groups is 1. The lowest BCUT2D eigenvalue weighted by molar-refractivity contribution is -0.141. The van der Waals surface area contributed by atoms with Crippen molar-refractivity contribution in [1.29, 1.82) is 0 Å². The van der Waals surface area contributed by atoms with E-state index in [9.17, 15) is 53.1 Å². The van der Waals surface area contributed by atoms with Gasteiger partial charge in [0.15, 0.2) is 0 Å². The normalized spacial score (nSPS) is 18.4. The van der Waals surface area contributed by atoms with Gasteiger partial charge < -0.3 is 59.1 Å². The summed E-state index contributed by atoms with van der Waals surface area (Å²) >= 11 is 1.82. The first kappa shape index (κ1) is 52.9. The number of primary amides is 1. The van der Waals surface area contributed by atoms with Gasteiger partial charge in [0.25, 0.3) is 0 Å². The predicted octanol–water partition coefficient (Wildman–Crippen LogP) is -2.67. The van der Waals surface area contributed by atoms with Crippen LogP contribution in [0.5, 0.6) is 0 Å². The number of carboxylic acid groups (broad SMARTS) is 1. The molecule has 0 aliphatic carbocycles. The van der Waals surface area contributed by atoms with Gasteiger partial charge in [-0.2, -0.15) is 11.8 Å². The highest BCUT2D eigenvalue weighted by Crippen LogP contribution is 2.33. The molecular weight excluding hydrogens is 835 g/mol. The summed E-state index contributed by atoms with van der Waals surface area (Å²) in [7, 11) is 0. The molecule has 0 bridgehead atoms. The minimum atomic E-state index is -1.68. The third-order valence-electron chi connectivity index (χ3n) is 10.1. The van der Waals surface area contributed by atoms with E-state index in [1.807, 2.05) is 25.6 Å². The van der Waals surface area contributed by atoms with Crippen LogP contribution in [0.15, 0.2) is 0 Å². The number of carbonyl (C=O) groups excluding carboxylic acids is 9. The van der Waals surface area contributed by atoms with Crippen molar-refractivity contribution < 1.29 is 58.3 Å². The summed E-state index contributed by atoms with van der Waals surface area (Å²) in [6.07, 6.45) is 3.82. The Balaban J connectivity index is 1.77. The van der Waals surface area contributed by atoms with E-state index in [-0.39, 0.29) is 62.2 Å². The average molecular weight is 900 g/mol. The summed E-state index contributed by atoms with van der Waals surface area (Å²) in [6.45, 7) is 2.94. The van der Waals surface area contributed by atoms with Crippen molar-refractivity contribution in [2.45, 2.75) is 133 Å². The molecule has 2 rings (SSSR count). The van der Waals surface area contributed by atoms with Gasteiger partial charge in [0.05, 0.1) is 31.6 Å². The number of urea groups is 1. The van der Waals surface area contributed by atoms with Gasteiger partial charge in [0.1, 0.15) is 18.1 Å². The SMILES string of the molecule is CC(C)CC(CC(=O)NO)C(=O)N[C@@H](CCCCN)C(=O)N[C@@H](CC(=O)O)C(=O)NCC(=O)NCC(=O)N[C@@H](CCCCNC(=O)CCCC[C@@H]1SC[C@@H]2NC(=O)N[C@@H]21)C(N)=O. The first-order chi connectivity index (χ1) is 29.4. The minimum Gasteiger partial charge on any atom is -0.481 e. The van der Waals surface area contributed by atoms with Crippen molar-refractivity contribution in [1.82, 2.24) is 48.0 Å². The Bertz CT molecular complexity index is 1570. The van der Waals surface area contributed by atoms with E-state index in [0.717, 1.165) is 18.6 Å². The molecule has 2 saturated heterocycles. The summed E-state index contributed by atoms with van der Waals surface area (Å²) < 4.78 is 0. The second kappa shape index (κ2) is 28.4. The van der Waals surface area contributed by atoms with E-state index in [1.165, 1.54) is 5.48 Å². The van der Waals surface area contributed by atoms with Gasteiger partial charge in [0, 0.05) is 36.3 Å². The molecule has 0 aromatic carbocycles. The molecule has 0 aromatic rings. The van der Waals surface area contributed by atoms with Gasteiger partial charge in [0.2, 0.25) is 47.3 Å². The number of unbranched alkanes of at least 4 members (excludes halogenated alkanes) is 3. The molecule has 2 aliphatic heterocycles. The molecule has 62 heavy (non-hydrogen) atoms. The lowest BCUT2D eigenvalue weighted by atomic mass is 9.92. The van der Waals surface area contributed by atoms with Gasteiger partial charge in [-0.15, -0.1) is 0 Å². The monoisotopic (exact) mass is 899 g/mol. The maximum absolute atomic E-state index is 13.3. The molecule has 7 atom stereocenters. The summed E-state index contributed by atoms with van der Waals surface area (Å²) in [4.78, 5) is 124. The molecule has 2 fully saturated rings. The number of thioether (sulfide) groups is 1. The topological polar surface area (TPSA) is 371 Å². The number of nitrogens with one attached hydrogen (secondary N) is 9. The second-order valence-corrected chi connectivity index (χ2v) is 17.1. The number of carboxylic acids is 1. The van der Waals surface area contributed by atoms with Crippen LogP contribution in [0.1, 0.15) is 97.3 Å². The van der Waals surface area contributed by atoms with Crippen LogP contribution in [0.4, 0.5) is 4.79 Å². The standard InChI is InChI=1S/C38H65N11O12S/c1-21(2)15-22(16-29(51)49-61)35(57)45-24(10-5-7-13-39)37(59)46-25(17-32(54)55)36(58)43-18-30(52)42-19-31(53)44-23(34(40)56)9-6-8-14-41-28(50)12-4-3-11-27-33-26(20-62-27)47-38(60)48-33/h21-27,33,61H,3-20,39H2,1-2H3,(H2,40,56)(H,41,50)(H,42,52)(H,43,58)(H,44,53)(H,45,57)(H,46,59)(H,49,51)(H,54,55)(H2,47,48,60)/t22?,23-,24-,25-,26-,27-,33-/m0/s1. The first-order valence-corrected chi connectivity index (χ1v) is 22.0. The maximum atomic E-state index is 13.3. The fourth-order valence-corrected chi connectivity index (χ4v) is 8.50. The fourth-order valence-electron chi connectivity index (χ4n) is 6.96. The summed E-state index contributed by atoms with van der Waals surface area (Å²) in [5, 5.41) is 39.2. The zero-order valence-electron chi connectivity index (χ0n) is 35.4. The number of carbonyl (C=O) groups is 10. The zero-order chi connectivity index (χ0) is 46.2. The van der Waals surface area contributed by atoms with E-state index in [1.54, 1.807) is 0 Å². The van der Waals surface area contributed by atoms with Crippen LogP contribution in [-0.4, -0.2) is 137 Å². The molecule has 10 amide bonds.